The maximum Gasteiger partial charge on any atom is 0.0672 e. The zero-order chi connectivity index (χ0) is 12.7. The monoisotopic (exact) mass is 238 g/mol. The molecule has 0 heterocycles. The van der Waals surface area contributed by atoms with Gasteiger partial charge in [0, 0.05) is 19.2 Å². The first-order chi connectivity index (χ1) is 8.09. The summed E-state index contributed by atoms with van der Waals surface area (Å²) in [7, 11) is 0. The standard InChI is InChI=1S/C14H26N2O/c1-14(2,8-5-9-17)11-16-13-7-4-3-6-12(13)10-15/h12-13,16-17H,3-9,11H2,1-2H3. The van der Waals surface area contributed by atoms with Crippen LogP contribution < -0.4 is 5.32 Å². The summed E-state index contributed by atoms with van der Waals surface area (Å²) in [5.74, 6) is 0.192. The fourth-order valence-electron chi connectivity index (χ4n) is 2.58. The molecule has 0 saturated heterocycles. The lowest BCUT2D eigenvalue weighted by molar-refractivity contribution is 0.217. The first-order valence-corrected chi connectivity index (χ1v) is 6.83. The highest BCUT2D eigenvalue weighted by molar-refractivity contribution is 4.95. The average Bonchev–Trinajstić information content (AvgIpc) is 2.34. The van der Waals surface area contributed by atoms with Crippen LogP contribution in [0.1, 0.15) is 52.4 Å². The Balaban J connectivity index is 2.35. The minimum absolute atomic E-state index is 0.192. The van der Waals surface area contributed by atoms with Crippen LogP contribution in [0.25, 0.3) is 0 Å². The molecule has 0 aromatic heterocycles. The predicted octanol–water partition coefficient (Wildman–Crippen LogP) is 2.46. The predicted molar refractivity (Wildman–Crippen MR) is 69.5 cm³/mol. The molecule has 1 fully saturated rings. The Kier molecular flexibility index (Phi) is 5.94. The van der Waals surface area contributed by atoms with Crippen LogP contribution in [0.3, 0.4) is 0 Å². The molecule has 3 heteroatoms. The second-order valence-electron chi connectivity index (χ2n) is 6.00. The van der Waals surface area contributed by atoms with Gasteiger partial charge >= 0.3 is 0 Å². The summed E-state index contributed by atoms with van der Waals surface area (Å²) in [6, 6.07) is 2.81. The first kappa shape index (κ1) is 14.5. The third-order valence-corrected chi connectivity index (χ3v) is 3.79. The van der Waals surface area contributed by atoms with Crippen molar-refractivity contribution in [2.75, 3.05) is 13.2 Å². The zero-order valence-electron chi connectivity index (χ0n) is 11.2. The number of hydrogen-bond acceptors (Lipinski definition) is 3. The molecule has 2 N–H and O–H groups in total. The number of nitrogens with one attached hydrogen (secondary N) is 1. The lowest BCUT2D eigenvalue weighted by atomic mass is 9.83. The van der Waals surface area contributed by atoms with Crippen LogP contribution in [-0.2, 0) is 0 Å². The van der Waals surface area contributed by atoms with Gasteiger partial charge in [-0.1, -0.05) is 26.7 Å². The van der Waals surface area contributed by atoms with Gasteiger partial charge in [0.25, 0.3) is 0 Å². The van der Waals surface area contributed by atoms with Crippen molar-refractivity contribution in [1.29, 1.82) is 5.26 Å². The van der Waals surface area contributed by atoms with Crippen molar-refractivity contribution in [3.63, 3.8) is 0 Å². The van der Waals surface area contributed by atoms with Crippen molar-refractivity contribution in [3.05, 3.63) is 0 Å². The van der Waals surface area contributed by atoms with Gasteiger partial charge in [-0.15, -0.1) is 0 Å². The Morgan fingerprint density at radius 1 is 1.35 bits per heavy atom. The van der Waals surface area contributed by atoms with Crippen molar-refractivity contribution >= 4 is 0 Å². The van der Waals surface area contributed by atoms with E-state index in [1.165, 1.54) is 12.8 Å². The Hall–Kier alpha value is -0.590. The summed E-state index contributed by atoms with van der Waals surface area (Å²) in [4.78, 5) is 0. The van der Waals surface area contributed by atoms with Crippen LogP contribution in [-0.4, -0.2) is 24.3 Å². The molecule has 1 aliphatic carbocycles. The van der Waals surface area contributed by atoms with E-state index in [1.807, 2.05) is 0 Å². The third-order valence-electron chi connectivity index (χ3n) is 3.79. The summed E-state index contributed by atoms with van der Waals surface area (Å²) < 4.78 is 0. The van der Waals surface area contributed by atoms with Crippen LogP contribution in [0, 0.1) is 22.7 Å². The molecule has 2 unspecified atom stereocenters. The number of aliphatic hydroxyl groups is 1. The Morgan fingerprint density at radius 2 is 2.06 bits per heavy atom. The van der Waals surface area contributed by atoms with Crippen LogP contribution in [0.15, 0.2) is 0 Å². The van der Waals surface area contributed by atoms with E-state index in [4.69, 9.17) is 10.4 Å². The minimum Gasteiger partial charge on any atom is -0.396 e. The molecule has 0 aliphatic heterocycles. The SMILES string of the molecule is CC(C)(CCCO)CNC1CCCCC1C#N. The lowest BCUT2D eigenvalue weighted by Gasteiger charge is -2.32. The highest BCUT2D eigenvalue weighted by Crippen LogP contribution is 2.26. The molecular weight excluding hydrogens is 212 g/mol. The van der Waals surface area contributed by atoms with Crippen molar-refractivity contribution in [2.45, 2.75) is 58.4 Å². The van der Waals surface area contributed by atoms with Gasteiger partial charge < -0.3 is 10.4 Å². The quantitative estimate of drug-likeness (QED) is 0.747. The molecule has 1 saturated carbocycles. The summed E-state index contributed by atoms with van der Waals surface area (Å²) in [6.07, 6.45) is 6.51. The molecule has 0 aromatic carbocycles. The molecule has 0 aromatic rings. The van der Waals surface area contributed by atoms with Gasteiger partial charge in [-0.3, -0.25) is 0 Å². The smallest absolute Gasteiger partial charge is 0.0672 e. The number of aliphatic hydroxyl groups excluding tert-OH is 1. The number of rotatable bonds is 6. The summed E-state index contributed by atoms with van der Waals surface area (Å²) in [5.41, 5.74) is 0.209. The van der Waals surface area contributed by atoms with Crippen molar-refractivity contribution in [2.24, 2.45) is 11.3 Å². The van der Waals surface area contributed by atoms with E-state index in [1.54, 1.807) is 0 Å². The van der Waals surface area contributed by atoms with E-state index in [-0.39, 0.29) is 17.9 Å². The average molecular weight is 238 g/mol. The molecule has 0 bridgehead atoms. The highest BCUT2D eigenvalue weighted by Gasteiger charge is 2.26. The second-order valence-corrected chi connectivity index (χ2v) is 6.00. The first-order valence-electron chi connectivity index (χ1n) is 6.83. The zero-order valence-corrected chi connectivity index (χ0v) is 11.2. The summed E-state index contributed by atoms with van der Waals surface area (Å²) in [5, 5.41) is 21.5. The Morgan fingerprint density at radius 3 is 2.71 bits per heavy atom. The fraction of sp³-hybridized carbons (Fsp3) is 0.929. The molecule has 1 aliphatic rings. The number of nitrogens with zero attached hydrogens (tertiary/aromatic N) is 1. The molecule has 0 radical (unpaired) electrons. The highest BCUT2D eigenvalue weighted by atomic mass is 16.2. The Bertz CT molecular complexity index is 257. The van der Waals surface area contributed by atoms with Gasteiger partial charge in [-0.2, -0.15) is 5.26 Å². The van der Waals surface area contributed by atoms with Crippen LogP contribution >= 0.6 is 0 Å². The van der Waals surface area contributed by atoms with Crippen LogP contribution in [0.5, 0.6) is 0 Å². The van der Waals surface area contributed by atoms with Gasteiger partial charge in [0.1, 0.15) is 0 Å². The van der Waals surface area contributed by atoms with Gasteiger partial charge in [-0.05, 0) is 31.1 Å². The van der Waals surface area contributed by atoms with Crippen molar-refractivity contribution in [3.8, 4) is 6.07 Å². The van der Waals surface area contributed by atoms with E-state index in [0.717, 1.165) is 32.2 Å². The van der Waals surface area contributed by atoms with Gasteiger partial charge in [-0.25, -0.2) is 0 Å². The van der Waals surface area contributed by atoms with E-state index in [9.17, 15) is 0 Å². The lowest BCUT2D eigenvalue weighted by Crippen LogP contribution is -2.42. The molecular formula is C14H26N2O. The molecule has 1 rings (SSSR count). The van der Waals surface area contributed by atoms with Gasteiger partial charge in [0.15, 0.2) is 0 Å². The van der Waals surface area contributed by atoms with E-state index in [2.05, 4.69) is 25.2 Å². The summed E-state index contributed by atoms with van der Waals surface area (Å²) >= 11 is 0. The maximum atomic E-state index is 9.11. The Labute approximate surface area is 105 Å². The van der Waals surface area contributed by atoms with E-state index >= 15 is 0 Å². The molecule has 17 heavy (non-hydrogen) atoms. The maximum absolute atomic E-state index is 9.11. The minimum atomic E-state index is 0.192. The normalized spacial score (nSPS) is 25.5. The van der Waals surface area contributed by atoms with E-state index in [0.29, 0.717) is 6.04 Å². The van der Waals surface area contributed by atoms with Crippen molar-refractivity contribution < 1.29 is 5.11 Å². The fourth-order valence-corrected chi connectivity index (χ4v) is 2.58. The molecule has 2 atom stereocenters. The van der Waals surface area contributed by atoms with E-state index < -0.39 is 0 Å². The molecule has 0 amide bonds. The molecule has 98 valence electrons. The largest absolute Gasteiger partial charge is 0.396 e. The van der Waals surface area contributed by atoms with Gasteiger partial charge in [0.2, 0.25) is 0 Å². The third kappa shape index (κ3) is 5.06. The number of hydrogen-bond donors (Lipinski definition) is 2. The van der Waals surface area contributed by atoms with Gasteiger partial charge in [0.05, 0.1) is 12.0 Å². The topological polar surface area (TPSA) is 56.0 Å². The molecule has 0 spiro atoms. The molecule has 3 nitrogen and oxygen atoms in total. The van der Waals surface area contributed by atoms with Crippen molar-refractivity contribution in [1.82, 2.24) is 5.32 Å². The number of nitriles is 1. The summed E-state index contributed by atoms with van der Waals surface area (Å²) in [6.45, 7) is 5.66. The van der Waals surface area contributed by atoms with Crippen LogP contribution in [0.4, 0.5) is 0 Å². The second kappa shape index (κ2) is 6.98. The van der Waals surface area contributed by atoms with Crippen LogP contribution in [0.2, 0.25) is 0 Å².